The van der Waals surface area contributed by atoms with Gasteiger partial charge in [-0.25, -0.2) is 9.13 Å². The second kappa shape index (κ2) is 67.2. The lowest BCUT2D eigenvalue weighted by Gasteiger charge is -2.21. The van der Waals surface area contributed by atoms with Gasteiger partial charge in [-0.1, -0.05) is 344 Å². The van der Waals surface area contributed by atoms with Crippen LogP contribution in [0.15, 0.2) is 0 Å². The van der Waals surface area contributed by atoms with Crippen molar-refractivity contribution >= 4 is 39.5 Å². The van der Waals surface area contributed by atoms with Crippen LogP contribution in [-0.4, -0.2) is 96.7 Å². The lowest BCUT2D eigenvalue weighted by Crippen LogP contribution is -2.30. The van der Waals surface area contributed by atoms with Gasteiger partial charge in [-0.3, -0.25) is 37.3 Å². The van der Waals surface area contributed by atoms with E-state index in [4.69, 9.17) is 37.0 Å². The molecule has 0 aliphatic heterocycles. The quantitative estimate of drug-likeness (QED) is 0.0222. The molecule has 7 atom stereocenters. The minimum absolute atomic E-state index is 0.106. The van der Waals surface area contributed by atoms with Gasteiger partial charge in [-0.05, 0) is 49.4 Å². The van der Waals surface area contributed by atoms with E-state index in [1.54, 1.807) is 0 Å². The zero-order valence-corrected chi connectivity index (χ0v) is 65.5. The predicted octanol–water partition coefficient (Wildman–Crippen LogP) is 22.8. The molecule has 576 valence electrons. The Balaban J connectivity index is 5.20. The highest BCUT2D eigenvalue weighted by molar-refractivity contribution is 7.47. The van der Waals surface area contributed by atoms with Crippen LogP contribution in [0.5, 0.6) is 0 Å². The predicted molar refractivity (Wildman–Crippen MR) is 395 cm³/mol. The molecule has 3 N–H and O–H groups in total. The largest absolute Gasteiger partial charge is 0.472 e. The van der Waals surface area contributed by atoms with Gasteiger partial charge in [0.25, 0.3) is 0 Å². The lowest BCUT2D eigenvalue weighted by atomic mass is 9.99. The van der Waals surface area contributed by atoms with Gasteiger partial charge in [-0.15, -0.1) is 0 Å². The van der Waals surface area contributed by atoms with Crippen LogP contribution in [0.3, 0.4) is 0 Å². The summed E-state index contributed by atoms with van der Waals surface area (Å²) in [4.78, 5) is 72.8. The maximum absolute atomic E-state index is 13.1. The minimum Gasteiger partial charge on any atom is -0.462 e. The standard InChI is InChI=1S/C78H152O17P2/c1-9-70(7)56-48-40-32-26-22-18-15-16-20-24-28-34-45-53-61-78(83)95-74(65-89-76(81)59-51-43-37-36-41-49-57-71(8)10-2)67-93-97(86,87)91-63-72(79)62-90-96(84,85)92-66-73(64-88-75(80)58-50-42-35-29-31-39-47-55-69(5)6)94-77(82)60-52-44-33-27-23-19-14-12-11-13-17-21-25-30-38-46-54-68(3)4/h68-74,79H,9-67H2,1-8H3,(H,84,85)(H,86,87)/t70?,71?,72-,73-,74-/m1/s1. The molecule has 0 aromatic rings. The van der Waals surface area contributed by atoms with Crippen molar-refractivity contribution in [3.63, 3.8) is 0 Å². The van der Waals surface area contributed by atoms with Crippen molar-refractivity contribution in [1.82, 2.24) is 0 Å². The summed E-state index contributed by atoms with van der Waals surface area (Å²) in [5.41, 5.74) is 0. The molecule has 0 aliphatic carbocycles. The molecule has 0 aromatic heterocycles. The van der Waals surface area contributed by atoms with Crippen LogP contribution in [0.25, 0.3) is 0 Å². The number of carbonyl (C=O) groups is 4. The van der Waals surface area contributed by atoms with Crippen molar-refractivity contribution in [3.8, 4) is 0 Å². The number of carbonyl (C=O) groups excluding carboxylic acids is 4. The van der Waals surface area contributed by atoms with Crippen molar-refractivity contribution < 1.29 is 80.2 Å². The summed E-state index contributed by atoms with van der Waals surface area (Å²) in [6.07, 6.45) is 52.8. The topological polar surface area (TPSA) is 237 Å². The number of aliphatic hydroxyl groups is 1. The average Bonchev–Trinajstić information content (AvgIpc) is 1.59. The number of ether oxygens (including phenoxy) is 4. The van der Waals surface area contributed by atoms with Gasteiger partial charge in [0.1, 0.15) is 19.3 Å². The molecule has 0 saturated carbocycles. The Morgan fingerprint density at radius 1 is 0.289 bits per heavy atom. The lowest BCUT2D eigenvalue weighted by molar-refractivity contribution is -0.161. The zero-order valence-electron chi connectivity index (χ0n) is 63.7. The van der Waals surface area contributed by atoms with E-state index < -0.39 is 97.5 Å². The molecule has 0 aliphatic rings. The number of hydrogen-bond acceptors (Lipinski definition) is 15. The number of aliphatic hydroxyl groups excluding tert-OH is 1. The van der Waals surface area contributed by atoms with Crippen molar-refractivity contribution in [2.24, 2.45) is 23.7 Å². The van der Waals surface area contributed by atoms with Gasteiger partial charge in [0.2, 0.25) is 0 Å². The molecule has 0 spiro atoms. The second-order valence-corrected chi connectivity index (χ2v) is 32.4. The molecular formula is C78H152O17P2. The van der Waals surface area contributed by atoms with Gasteiger partial charge < -0.3 is 33.8 Å². The molecule has 0 bridgehead atoms. The average molecular weight is 1420 g/mol. The third kappa shape index (κ3) is 69.5. The Bertz CT molecular complexity index is 1910. The zero-order chi connectivity index (χ0) is 71.7. The molecular weight excluding hydrogens is 1270 g/mol. The molecule has 0 fully saturated rings. The van der Waals surface area contributed by atoms with Crippen LogP contribution in [0.2, 0.25) is 0 Å². The Morgan fingerprint density at radius 3 is 0.732 bits per heavy atom. The van der Waals surface area contributed by atoms with Crippen LogP contribution in [0, 0.1) is 23.7 Å². The molecule has 0 saturated heterocycles. The Hall–Kier alpha value is -1.94. The van der Waals surface area contributed by atoms with Gasteiger partial charge in [0, 0.05) is 25.7 Å². The molecule has 17 nitrogen and oxygen atoms in total. The molecule has 0 heterocycles. The van der Waals surface area contributed by atoms with E-state index >= 15 is 0 Å². The molecule has 97 heavy (non-hydrogen) atoms. The number of esters is 4. The summed E-state index contributed by atoms with van der Waals surface area (Å²) in [6, 6.07) is 0. The summed E-state index contributed by atoms with van der Waals surface area (Å²) in [5, 5.41) is 10.6. The SMILES string of the molecule is CCC(C)CCCCCCCCCCCCCCCCC(=O)O[C@H](COC(=O)CCCCCCCCC(C)CC)COP(=O)(O)OC[C@H](O)COP(=O)(O)OC[C@@H](COC(=O)CCCCCCCCCC(C)C)OC(=O)CCCCCCCCCCCCCCCCCCC(C)C. The first-order chi connectivity index (χ1) is 46.7. The van der Waals surface area contributed by atoms with E-state index in [1.165, 1.54) is 186 Å². The summed E-state index contributed by atoms with van der Waals surface area (Å²) in [6.45, 7) is 14.2. The maximum atomic E-state index is 13.1. The van der Waals surface area contributed by atoms with Crippen LogP contribution in [0.4, 0.5) is 0 Å². The van der Waals surface area contributed by atoms with Crippen molar-refractivity contribution in [2.45, 2.75) is 414 Å². The molecule has 0 radical (unpaired) electrons. The number of unbranched alkanes of at least 4 members (excludes halogenated alkanes) is 39. The monoisotopic (exact) mass is 1420 g/mol. The fraction of sp³-hybridized carbons (Fsp3) is 0.949. The summed E-state index contributed by atoms with van der Waals surface area (Å²) >= 11 is 0. The third-order valence-electron chi connectivity index (χ3n) is 18.8. The van der Waals surface area contributed by atoms with E-state index in [0.717, 1.165) is 120 Å². The first kappa shape index (κ1) is 95.1. The van der Waals surface area contributed by atoms with Crippen LogP contribution in [0.1, 0.15) is 396 Å². The number of rotatable bonds is 75. The van der Waals surface area contributed by atoms with Crippen LogP contribution < -0.4 is 0 Å². The summed E-state index contributed by atoms with van der Waals surface area (Å²) < 4.78 is 68.6. The number of phosphoric acid groups is 2. The number of phosphoric ester groups is 2. The van der Waals surface area contributed by atoms with E-state index in [-0.39, 0.29) is 25.7 Å². The summed E-state index contributed by atoms with van der Waals surface area (Å²) in [7, 11) is -9.92. The fourth-order valence-corrected chi connectivity index (χ4v) is 13.4. The Labute approximate surface area is 594 Å². The van der Waals surface area contributed by atoms with Crippen molar-refractivity contribution in [3.05, 3.63) is 0 Å². The highest BCUT2D eigenvalue weighted by Gasteiger charge is 2.30. The third-order valence-corrected chi connectivity index (χ3v) is 20.7. The smallest absolute Gasteiger partial charge is 0.462 e. The van der Waals surface area contributed by atoms with E-state index in [0.29, 0.717) is 31.6 Å². The van der Waals surface area contributed by atoms with Gasteiger partial charge in [-0.2, -0.15) is 0 Å². The minimum atomic E-state index is -4.96. The Morgan fingerprint density at radius 2 is 0.495 bits per heavy atom. The number of hydrogen-bond donors (Lipinski definition) is 3. The van der Waals surface area contributed by atoms with Crippen LogP contribution >= 0.6 is 15.6 Å². The van der Waals surface area contributed by atoms with Gasteiger partial charge in [0.15, 0.2) is 12.2 Å². The van der Waals surface area contributed by atoms with E-state index in [1.807, 2.05) is 0 Å². The fourth-order valence-electron chi connectivity index (χ4n) is 11.8. The maximum Gasteiger partial charge on any atom is 0.472 e. The molecule has 0 rings (SSSR count). The Kier molecular flexibility index (Phi) is 65.9. The van der Waals surface area contributed by atoms with Gasteiger partial charge >= 0.3 is 39.5 Å². The molecule has 19 heteroatoms. The van der Waals surface area contributed by atoms with Gasteiger partial charge in [0.05, 0.1) is 26.4 Å². The van der Waals surface area contributed by atoms with E-state index in [2.05, 4.69) is 55.4 Å². The highest BCUT2D eigenvalue weighted by atomic mass is 31.2. The first-order valence-corrected chi connectivity index (χ1v) is 43.3. The normalized spacial score (nSPS) is 14.6. The molecule has 0 aromatic carbocycles. The summed E-state index contributed by atoms with van der Waals surface area (Å²) in [5.74, 6) is 0.970. The highest BCUT2D eigenvalue weighted by Crippen LogP contribution is 2.45. The van der Waals surface area contributed by atoms with E-state index in [9.17, 15) is 43.2 Å². The first-order valence-electron chi connectivity index (χ1n) is 40.3. The van der Waals surface area contributed by atoms with Crippen LogP contribution in [-0.2, 0) is 65.4 Å². The molecule has 4 unspecified atom stereocenters. The van der Waals surface area contributed by atoms with Crippen molar-refractivity contribution in [2.75, 3.05) is 39.6 Å². The molecule has 0 amide bonds. The van der Waals surface area contributed by atoms with Crippen molar-refractivity contribution in [1.29, 1.82) is 0 Å². The second-order valence-electron chi connectivity index (χ2n) is 29.5.